The second kappa shape index (κ2) is 6.52. The summed E-state index contributed by atoms with van der Waals surface area (Å²) in [5.41, 5.74) is -0.0643. The van der Waals surface area contributed by atoms with Crippen LogP contribution in [0, 0.1) is 0 Å². The highest BCUT2D eigenvalue weighted by molar-refractivity contribution is 6.04. The van der Waals surface area contributed by atoms with E-state index in [1.165, 1.54) is 12.1 Å². The number of benzene rings is 1. The molecule has 0 aliphatic carbocycles. The normalized spacial score (nSPS) is 21.4. The lowest BCUT2D eigenvalue weighted by Gasteiger charge is -2.26. The van der Waals surface area contributed by atoms with Crippen LogP contribution in [0.4, 0.5) is 0 Å². The van der Waals surface area contributed by atoms with Gasteiger partial charge < -0.3 is 4.74 Å². The molecule has 5 heteroatoms. The molecule has 0 radical (unpaired) electrons. The number of hydrogen-bond donors (Lipinski definition) is 0. The van der Waals surface area contributed by atoms with Crippen LogP contribution in [0.1, 0.15) is 26.3 Å². The van der Waals surface area contributed by atoms with Gasteiger partial charge in [0.1, 0.15) is 0 Å². The molecular weight excluding hydrogens is 254 g/mol. The van der Waals surface area contributed by atoms with Crippen LogP contribution in [0.25, 0.3) is 0 Å². The number of amidine groups is 1. The summed E-state index contributed by atoms with van der Waals surface area (Å²) in [7, 11) is 5.08. The van der Waals surface area contributed by atoms with E-state index in [9.17, 15) is 4.79 Å². The Morgan fingerprint density at radius 3 is 2.15 bits per heavy atom. The molecule has 0 N–H and O–H groups in total. The fourth-order valence-electron chi connectivity index (χ4n) is 2.02. The number of carbonyl (C=O) groups is 1. The van der Waals surface area contributed by atoms with Crippen LogP contribution in [0.3, 0.4) is 0 Å². The molecule has 1 aliphatic heterocycles. The largest absolute Gasteiger partial charge is 0.467 e. The SMILES string of the molecule is CC.COC1=NC(C)(c2ccccc2)C(=O)N1N(C)C. The Morgan fingerprint density at radius 1 is 1.20 bits per heavy atom. The molecule has 1 atom stereocenters. The van der Waals surface area contributed by atoms with E-state index < -0.39 is 5.54 Å². The highest BCUT2D eigenvalue weighted by atomic mass is 16.5. The van der Waals surface area contributed by atoms with Gasteiger partial charge in [0.15, 0.2) is 5.54 Å². The van der Waals surface area contributed by atoms with Crippen LogP contribution >= 0.6 is 0 Å². The van der Waals surface area contributed by atoms with Gasteiger partial charge in [-0.1, -0.05) is 44.2 Å². The molecule has 0 bridgehead atoms. The van der Waals surface area contributed by atoms with Crippen molar-refractivity contribution in [3.05, 3.63) is 35.9 Å². The van der Waals surface area contributed by atoms with Crippen molar-refractivity contribution in [1.82, 2.24) is 10.0 Å². The van der Waals surface area contributed by atoms with Crippen molar-refractivity contribution in [3.63, 3.8) is 0 Å². The molecule has 1 unspecified atom stereocenters. The lowest BCUT2D eigenvalue weighted by Crippen LogP contribution is -2.47. The molecule has 1 heterocycles. The summed E-state index contributed by atoms with van der Waals surface area (Å²) in [4.78, 5) is 16.9. The average molecular weight is 277 g/mol. The number of methoxy groups -OCH3 is 1. The van der Waals surface area contributed by atoms with Gasteiger partial charge in [-0.05, 0) is 12.5 Å². The molecule has 1 aromatic rings. The number of carbonyl (C=O) groups excluding carboxylic acids is 1. The number of amides is 1. The maximum Gasteiger partial charge on any atom is 0.310 e. The molecule has 0 aromatic heterocycles. The van der Waals surface area contributed by atoms with Crippen molar-refractivity contribution < 1.29 is 9.53 Å². The highest BCUT2D eigenvalue weighted by Crippen LogP contribution is 2.33. The van der Waals surface area contributed by atoms with Crippen LogP contribution in [0.15, 0.2) is 35.3 Å². The number of ether oxygens (including phenoxy) is 1. The van der Waals surface area contributed by atoms with Crippen molar-refractivity contribution in [2.75, 3.05) is 21.2 Å². The van der Waals surface area contributed by atoms with Crippen molar-refractivity contribution in [2.24, 2.45) is 4.99 Å². The first-order chi connectivity index (χ1) is 9.50. The van der Waals surface area contributed by atoms with Gasteiger partial charge >= 0.3 is 6.02 Å². The van der Waals surface area contributed by atoms with Crippen LogP contribution in [-0.4, -0.2) is 43.2 Å². The summed E-state index contributed by atoms with van der Waals surface area (Å²) in [6, 6.07) is 9.82. The van der Waals surface area contributed by atoms with Crippen LogP contribution < -0.4 is 0 Å². The predicted molar refractivity (Wildman–Crippen MR) is 80.1 cm³/mol. The summed E-state index contributed by atoms with van der Waals surface area (Å²) < 4.78 is 5.19. The van der Waals surface area contributed by atoms with Crippen LogP contribution in [0.5, 0.6) is 0 Å². The Kier molecular flexibility index (Phi) is 5.27. The molecule has 0 saturated heterocycles. The smallest absolute Gasteiger partial charge is 0.310 e. The van der Waals surface area contributed by atoms with Gasteiger partial charge in [0.25, 0.3) is 5.91 Å². The number of hydrogen-bond acceptors (Lipinski definition) is 4. The Balaban J connectivity index is 0.000000956. The summed E-state index contributed by atoms with van der Waals surface area (Å²) in [6.45, 7) is 5.80. The Labute approximate surface area is 120 Å². The fourth-order valence-corrected chi connectivity index (χ4v) is 2.02. The molecule has 5 nitrogen and oxygen atoms in total. The Bertz CT molecular complexity index is 485. The third kappa shape index (κ3) is 2.67. The summed E-state index contributed by atoms with van der Waals surface area (Å²) >= 11 is 0. The molecule has 2 rings (SSSR count). The predicted octanol–water partition coefficient (Wildman–Crippen LogP) is 2.25. The zero-order valence-electron chi connectivity index (χ0n) is 13.0. The quantitative estimate of drug-likeness (QED) is 0.833. The molecule has 0 fully saturated rings. The van der Waals surface area contributed by atoms with Crippen molar-refractivity contribution >= 4 is 11.9 Å². The van der Waals surface area contributed by atoms with E-state index >= 15 is 0 Å². The van der Waals surface area contributed by atoms with Crippen molar-refractivity contribution in [1.29, 1.82) is 0 Å². The van der Waals surface area contributed by atoms with Crippen LogP contribution in [0.2, 0.25) is 0 Å². The summed E-state index contributed by atoms with van der Waals surface area (Å²) in [6.07, 6.45) is 0. The molecule has 1 aromatic carbocycles. The molecule has 1 amide bonds. The Morgan fingerprint density at radius 2 is 1.75 bits per heavy atom. The Hall–Kier alpha value is -1.88. The van der Waals surface area contributed by atoms with Gasteiger partial charge in [-0.3, -0.25) is 4.79 Å². The molecule has 110 valence electrons. The number of rotatable bonds is 2. The molecule has 1 aliphatic rings. The zero-order chi connectivity index (χ0) is 15.3. The topological polar surface area (TPSA) is 45.1 Å². The van der Waals surface area contributed by atoms with Crippen molar-refractivity contribution in [2.45, 2.75) is 26.3 Å². The van der Waals surface area contributed by atoms with Gasteiger partial charge in [0.2, 0.25) is 0 Å². The number of nitrogens with zero attached hydrogens (tertiary/aromatic N) is 3. The molecule has 20 heavy (non-hydrogen) atoms. The van der Waals surface area contributed by atoms with E-state index in [1.54, 1.807) is 26.0 Å². The second-order valence-corrected chi connectivity index (χ2v) is 4.50. The number of hydrazine groups is 1. The second-order valence-electron chi connectivity index (χ2n) is 4.50. The monoisotopic (exact) mass is 277 g/mol. The summed E-state index contributed by atoms with van der Waals surface area (Å²) in [5, 5.41) is 3.10. The summed E-state index contributed by atoms with van der Waals surface area (Å²) in [5.74, 6) is -0.115. The third-order valence-corrected chi connectivity index (χ3v) is 3.03. The van der Waals surface area contributed by atoms with E-state index in [0.717, 1.165) is 5.56 Å². The third-order valence-electron chi connectivity index (χ3n) is 3.03. The minimum atomic E-state index is -0.920. The van der Waals surface area contributed by atoms with E-state index in [0.29, 0.717) is 6.02 Å². The minimum Gasteiger partial charge on any atom is -0.467 e. The van der Waals surface area contributed by atoms with Crippen LogP contribution in [-0.2, 0) is 15.1 Å². The van der Waals surface area contributed by atoms with Gasteiger partial charge in [-0.15, -0.1) is 0 Å². The van der Waals surface area contributed by atoms with Gasteiger partial charge in [0, 0.05) is 14.1 Å². The average Bonchev–Trinajstić information content (AvgIpc) is 2.75. The van der Waals surface area contributed by atoms with Gasteiger partial charge in [-0.2, -0.15) is 5.01 Å². The maximum absolute atomic E-state index is 12.5. The first kappa shape index (κ1) is 16.2. The van der Waals surface area contributed by atoms with E-state index in [4.69, 9.17) is 4.74 Å². The molecule has 0 spiro atoms. The molecule has 0 saturated carbocycles. The fraction of sp³-hybridized carbons (Fsp3) is 0.467. The zero-order valence-corrected chi connectivity index (χ0v) is 13.0. The maximum atomic E-state index is 12.5. The van der Waals surface area contributed by atoms with Gasteiger partial charge in [-0.25, -0.2) is 10.0 Å². The van der Waals surface area contributed by atoms with E-state index in [-0.39, 0.29) is 5.91 Å². The first-order valence-electron chi connectivity index (χ1n) is 6.72. The molecular formula is C15H23N3O2. The van der Waals surface area contributed by atoms with Gasteiger partial charge in [0.05, 0.1) is 7.11 Å². The lowest BCUT2D eigenvalue weighted by atomic mass is 9.92. The lowest BCUT2D eigenvalue weighted by molar-refractivity contribution is -0.140. The van der Waals surface area contributed by atoms with Crippen molar-refractivity contribution in [3.8, 4) is 0 Å². The highest BCUT2D eigenvalue weighted by Gasteiger charge is 2.48. The minimum absolute atomic E-state index is 0.115. The first-order valence-corrected chi connectivity index (χ1v) is 6.72. The number of aliphatic imine (C=N–C) groups is 1. The van der Waals surface area contributed by atoms with E-state index in [2.05, 4.69) is 4.99 Å². The standard InChI is InChI=1S/C13H17N3O2.C2H6/c1-13(10-8-6-5-7-9-10)11(17)16(15(2)3)12(14-13)18-4;1-2/h5-9H,1-4H3;1-2H3. The van der Waals surface area contributed by atoms with E-state index in [1.807, 2.05) is 44.2 Å².